The molecule has 1 amide bonds. The summed E-state index contributed by atoms with van der Waals surface area (Å²) in [5.74, 6) is -0.651. The molecule has 0 saturated carbocycles. The van der Waals surface area contributed by atoms with Crippen molar-refractivity contribution in [2.45, 2.75) is 6.54 Å². The largest absolute Gasteiger partial charge is 1.00 e. The second-order valence-corrected chi connectivity index (χ2v) is 3.86. The monoisotopic (exact) mass is 293 g/mol. The van der Waals surface area contributed by atoms with Crippen LogP contribution in [0.25, 0.3) is 0 Å². The van der Waals surface area contributed by atoms with E-state index in [2.05, 4.69) is 10.5 Å². The molecule has 104 valence electrons. The summed E-state index contributed by atoms with van der Waals surface area (Å²) in [6, 6.07) is 11.7. The van der Waals surface area contributed by atoms with Crippen LogP contribution in [0.3, 0.4) is 0 Å². The maximum Gasteiger partial charge on any atom is 0.305 e. The van der Waals surface area contributed by atoms with Gasteiger partial charge in [-0.25, -0.2) is 9.82 Å². The molecule has 20 heavy (non-hydrogen) atoms. The van der Waals surface area contributed by atoms with E-state index >= 15 is 0 Å². The Balaban J connectivity index is 0.00000200. The van der Waals surface area contributed by atoms with Gasteiger partial charge in [-0.15, -0.1) is 0 Å². The number of carbonyl (C=O) groups is 1. The third-order valence-electron chi connectivity index (χ3n) is 2.40. The van der Waals surface area contributed by atoms with Crippen molar-refractivity contribution in [3.05, 3.63) is 66.2 Å². The lowest BCUT2D eigenvalue weighted by Crippen LogP contribution is -3.00. The second-order valence-electron chi connectivity index (χ2n) is 3.86. The minimum atomic E-state index is -0.377. The average molecular weight is 294 g/mol. The molecular formula is C14H13ClFN3O. The quantitative estimate of drug-likeness (QED) is 0.406. The molecule has 4 nitrogen and oxygen atoms in total. The van der Waals surface area contributed by atoms with Crippen LogP contribution in [-0.2, 0) is 11.3 Å². The minimum Gasteiger partial charge on any atom is -1.00 e. The van der Waals surface area contributed by atoms with E-state index in [1.54, 1.807) is 35.2 Å². The van der Waals surface area contributed by atoms with Gasteiger partial charge >= 0.3 is 5.91 Å². The van der Waals surface area contributed by atoms with Crippen molar-refractivity contribution in [3.8, 4) is 0 Å². The lowest BCUT2D eigenvalue weighted by atomic mass is 10.2. The van der Waals surface area contributed by atoms with Gasteiger partial charge in [-0.3, -0.25) is 4.79 Å². The molecule has 2 aromatic rings. The number of halogens is 2. The molecule has 0 aliphatic rings. The predicted octanol–water partition coefficient (Wildman–Crippen LogP) is -1.73. The Morgan fingerprint density at radius 2 is 1.90 bits per heavy atom. The van der Waals surface area contributed by atoms with Gasteiger partial charge in [-0.05, 0) is 6.07 Å². The summed E-state index contributed by atoms with van der Waals surface area (Å²) in [5, 5.41) is 3.72. The predicted molar refractivity (Wildman–Crippen MR) is 68.8 cm³/mol. The molecule has 0 saturated heterocycles. The highest BCUT2D eigenvalue weighted by Crippen LogP contribution is 2.02. The maximum atomic E-state index is 13.3. The zero-order valence-corrected chi connectivity index (χ0v) is 11.3. The molecule has 0 aliphatic carbocycles. The fourth-order valence-corrected chi connectivity index (χ4v) is 1.49. The van der Waals surface area contributed by atoms with Crippen molar-refractivity contribution in [3.63, 3.8) is 0 Å². The number of hydrogen-bond acceptors (Lipinski definition) is 2. The molecule has 1 heterocycles. The first-order valence-electron chi connectivity index (χ1n) is 5.76. The van der Waals surface area contributed by atoms with Crippen molar-refractivity contribution in [1.29, 1.82) is 0 Å². The Bertz CT molecular complexity index is 590. The summed E-state index contributed by atoms with van der Waals surface area (Å²) in [7, 11) is 0. The maximum absolute atomic E-state index is 13.3. The standard InChI is InChI=1S/C14H12FN3O.ClH/c15-13-7-3-2-6-12(13)10-16-17-14(19)11-18-8-4-1-5-9-18;/h1-10H,11H2;1H/b16-10+;. The number of nitrogens with one attached hydrogen (secondary N) is 1. The second kappa shape index (κ2) is 8.01. The van der Waals surface area contributed by atoms with E-state index in [-0.39, 0.29) is 30.7 Å². The van der Waals surface area contributed by atoms with Gasteiger partial charge in [0, 0.05) is 17.7 Å². The number of carbonyl (C=O) groups excluding carboxylic acids is 1. The molecule has 0 radical (unpaired) electrons. The van der Waals surface area contributed by atoms with Gasteiger partial charge in [0.05, 0.1) is 6.21 Å². The highest BCUT2D eigenvalue weighted by molar-refractivity contribution is 5.82. The van der Waals surface area contributed by atoms with Gasteiger partial charge in [0.1, 0.15) is 5.82 Å². The number of hydrogen-bond donors (Lipinski definition) is 1. The number of nitrogens with zero attached hydrogens (tertiary/aromatic N) is 2. The molecule has 0 unspecified atom stereocenters. The fraction of sp³-hybridized carbons (Fsp3) is 0.0714. The lowest BCUT2D eigenvalue weighted by molar-refractivity contribution is -0.684. The topological polar surface area (TPSA) is 45.3 Å². The minimum absolute atomic E-state index is 0. The Morgan fingerprint density at radius 1 is 1.20 bits per heavy atom. The van der Waals surface area contributed by atoms with Crippen molar-refractivity contribution in [1.82, 2.24) is 5.43 Å². The summed E-state index contributed by atoms with van der Waals surface area (Å²) >= 11 is 0. The summed E-state index contributed by atoms with van der Waals surface area (Å²) in [5.41, 5.74) is 2.68. The van der Waals surface area contributed by atoms with Crippen molar-refractivity contribution in [2.24, 2.45) is 5.10 Å². The smallest absolute Gasteiger partial charge is 0.305 e. The van der Waals surface area contributed by atoms with E-state index in [1.807, 2.05) is 18.2 Å². The first kappa shape index (κ1) is 15.8. The van der Waals surface area contributed by atoms with Crippen LogP contribution in [0.4, 0.5) is 4.39 Å². The van der Waals surface area contributed by atoms with Gasteiger partial charge in [0.25, 0.3) is 0 Å². The van der Waals surface area contributed by atoms with Gasteiger partial charge < -0.3 is 12.4 Å². The van der Waals surface area contributed by atoms with E-state index in [0.29, 0.717) is 5.56 Å². The summed E-state index contributed by atoms with van der Waals surface area (Å²) in [4.78, 5) is 11.5. The highest BCUT2D eigenvalue weighted by Gasteiger charge is 2.06. The van der Waals surface area contributed by atoms with Crippen LogP contribution in [0.2, 0.25) is 0 Å². The zero-order chi connectivity index (χ0) is 13.5. The molecule has 0 fully saturated rings. The molecule has 1 aromatic heterocycles. The molecule has 1 aromatic carbocycles. The van der Waals surface area contributed by atoms with Gasteiger partial charge in [-0.1, -0.05) is 24.3 Å². The van der Waals surface area contributed by atoms with Crippen LogP contribution in [0.5, 0.6) is 0 Å². The van der Waals surface area contributed by atoms with Gasteiger partial charge in [0.15, 0.2) is 12.4 Å². The van der Waals surface area contributed by atoms with Crippen molar-refractivity contribution in [2.75, 3.05) is 0 Å². The Morgan fingerprint density at radius 3 is 2.60 bits per heavy atom. The number of pyridine rings is 1. The summed E-state index contributed by atoms with van der Waals surface area (Å²) in [6.45, 7) is 0.162. The number of benzene rings is 1. The van der Waals surface area contributed by atoms with Gasteiger partial charge in [-0.2, -0.15) is 9.67 Å². The van der Waals surface area contributed by atoms with E-state index in [0.717, 1.165) is 0 Å². The van der Waals surface area contributed by atoms with Crippen molar-refractivity contribution < 1.29 is 26.2 Å². The van der Waals surface area contributed by atoms with E-state index in [1.165, 1.54) is 12.3 Å². The molecular weight excluding hydrogens is 281 g/mol. The van der Waals surface area contributed by atoms with Crippen LogP contribution in [0.15, 0.2) is 60.0 Å². The van der Waals surface area contributed by atoms with Crippen LogP contribution in [-0.4, -0.2) is 12.1 Å². The van der Waals surface area contributed by atoms with Gasteiger partial charge in [0.2, 0.25) is 6.54 Å². The molecule has 0 atom stereocenters. The third-order valence-corrected chi connectivity index (χ3v) is 2.40. The summed E-state index contributed by atoms with van der Waals surface area (Å²) in [6.07, 6.45) is 4.84. The van der Waals surface area contributed by atoms with Crippen LogP contribution in [0.1, 0.15) is 5.56 Å². The normalized spacial score (nSPS) is 10.1. The van der Waals surface area contributed by atoms with Crippen LogP contribution >= 0.6 is 0 Å². The van der Waals surface area contributed by atoms with Crippen LogP contribution < -0.4 is 22.4 Å². The number of rotatable bonds is 4. The molecule has 0 bridgehead atoms. The Labute approximate surface area is 122 Å². The van der Waals surface area contributed by atoms with Crippen LogP contribution in [0, 0.1) is 5.82 Å². The van der Waals surface area contributed by atoms with E-state index in [9.17, 15) is 9.18 Å². The molecule has 0 spiro atoms. The van der Waals surface area contributed by atoms with E-state index in [4.69, 9.17) is 0 Å². The Hall–Kier alpha value is -2.27. The zero-order valence-electron chi connectivity index (χ0n) is 10.5. The SMILES string of the molecule is O=C(C[n+]1ccccc1)N/N=C/c1ccccc1F.[Cl-]. The molecule has 6 heteroatoms. The average Bonchev–Trinajstić information content (AvgIpc) is 2.42. The van der Waals surface area contributed by atoms with E-state index < -0.39 is 0 Å². The Kier molecular flexibility index (Phi) is 6.32. The fourth-order valence-electron chi connectivity index (χ4n) is 1.49. The first-order valence-corrected chi connectivity index (χ1v) is 5.76. The molecule has 1 N–H and O–H groups in total. The highest BCUT2D eigenvalue weighted by atomic mass is 35.5. The third kappa shape index (κ3) is 4.78. The summed E-state index contributed by atoms with van der Waals surface area (Å²) < 4.78 is 15.0. The molecule has 2 rings (SSSR count). The molecule has 0 aliphatic heterocycles. The van der Waals surface area contributed by atoms with Crippen molar-refractivity contribution >= 4 is 12.1 Å². The number of amides is 1. The first-order chi connectivity index (χ1) is 9.25. The number of aromatic nitrogens is 1. The number of hydrazone groups is 1. The lowest BCUT2D eigenvalue weighted by Gasteiger charge is -1.97.